The largest absolute Gasteiger partial charge is 0.396 e. The Labute approximate surface area is 101 Å². The third kappa shape index (κ3) is 2.67. The fourth-order valence-electron chi connectivity index (χ4n) is 1.83. The maximum Gasteiger partial charge on any atom is 0.267 e. The van der Waals surface area contributed by atoms with Crippen LogP contribution in [0.15, 0.2) is 12.1 Å². The summed E-state index contributed by atoms with van der Waals surface area (Å²) in [6.45, 7) is 3.84. The van der Waals surface area contributed by atoms with Crippen molar-refractivity contribution in [2.75, 3.05) is 23.7 Å². The highest BCUT2D eigenvalue weighted by Crippen LogP contribution is 2.32. The lowest BCUT2D eigenvalue weighted by Crippen LogP contribution is -2.28. The number of hydrogen-bond acceptors (Lipinski definition) is 4. The first kappa shape index (κ1) is 11.7. The number of carbonyl (C=O) groups excluding carboxylic acids is 1. The van der Waals surface area contributed by atoms with Crippen LogP contribution in [0.5, 0.6) is 0 Å². The Hall–Kier alpha value is -1.78. The predicted molar refractivity (Wildman–Crippen MR) is 67.8 cm³/mol. The summed E-state index contributed by atoms with van der Waals surface area (Å²) in [7, 11) is 0. The van der Waals surface area contributed by atoms with Crippen LogP contribution in [0.4, 0.5) is 11.5 Å². The van der Waals surface area contributed by atoms with E-state index >= 15 is 0 Å². The van der Waals surface area contributed by atoms with Crippen molar-refractivity contribution in [1.82, 2.24) is 4.98 Å². The number of primary amides is 1. The molecule has 0 bridgehead atoms. The number of nitrogens with zero attached hydrogens (tertiary/aromatic N) is 2. The van der Waals surface area contributed by atoms with Crippen LogP contribution in [0, 0.1) is 5.92 Å². The number of nitrogens with two attached hydrogens (primary N) is 2. The molecule has 1 saturated carbocycles. The second-order valence-electron chi connectivity index (χ2n) is 4.46. The van der Waals surface area contributed by atoms with Gasteiger partial charge in [-0.3, -0.25) is 4.79 Å². The summed E-state index contributed by atoms with van der Waals surface area (Å²) in [5, 5.41) is 0. The van der Waals surface area contributed by atoms with Gasteiger partial charge >= 0.3 is 0 Å². The molecule has 0 aromatic carbocycles. The number of aromatic nitrogens is 1. The van der Waals surface area contributed by atoms with Crippen LogP contribution >= 0.6 is 0 Å². The molecule has 0 aliphatic heterocycles. The third-order valence-electron chi connectivity index (χ3n) is 3.01. The van der Waals surface area contributed by atoms with Crippen LogP contribution in [-0.2, 0) is 0 Å². The van der Waals surface area contributed by atoms with Gasteiger partial charge in [-0.15, -0.1) is 0 Å². The minimum atomic E-state index is -0.520. The average Bonchev–Trinajstić information content (AvgIpc) is 3.10. The van der Waals surface area contributed by atoms with Crippen LogP contribution in [0.2, 0.25) is 0 Å². The van der Waals surface area contributed by atoms with E-state index in [9.17, 15) is 4.79 Å². The van der Waals surface area contributed by atoms with Crippen molar-refractivity contribution in [3.05, 3.63) is 17.8 Å². The van der Waals surface area contributed by atoms with Gasteiger partial charge < -0.3 is 16.4 Å². The zero-order valence-electron chi connectivity index (χ0n) is 10.0. The Morgan fingerprint density at radius 3 is 2.76 bits per heavy atom. The van der Waals surface area contributed by atoms with E-state index in [2.05, 4.69) is 16.8 Å². The SMILES string of the molecule is CCN(CC1CC1)c1nc(C(N)=O)ccc1N. The molecule has 0 spiro atoms. The molecule has 2 rings (SSSR count). The average molecular weight is 234 g/mol. The molecular formula is C12H18N4O. The van der Waals surface area contributed by atoms with E-state index in [1.165, 1.54) is 12.8 Å². The second kappa shape index (κ2) is 4.61. The molecule has 0 saturated heterocycles. The number of anilines is 2. The fourth-order valence-corrected chi connectivity index (χ4v) is 1.83. The zero-order chi connectivity index (χ0) is 12.4. The van der Waals surface area contributed by atoms with E-state index in [1.54, 1.807) is 12.1 Å². The molecule has 0 atom stereocenters. The van der Waals surface area contributed by atoms with Crippen molar-refractivity contribution in [3.8, 4) is 0 Å². The van der Waals surface area contributed by atoms with E-state index in [4.69, 9.17) is 11.5 Å². The van der Waals surface area contributed by atoms with Gasteiger partial charge in [0.05, 0.1) is 5.69 Å². The maximum atomic E-state index is 11.1. The molecule has 1 amide bonds. The molecule has 1 aliphatic carbocycles. The maximum absolute atomic E-state index is 11.1. The zero-order valence-corrected chi connectivity index (χ0v) is 10.0. The Bertz CT molecular complexity index is 429. The lowest BCUT2D eigenvalue weighted by molar-refractivity contribution is 0.0995. The molecule has 92 valence electrons. The molecule has 17 heavy (non-hydrogen) atoms. The van der Waals surface area contributed by atoms with Crippen molar-refractivity contribution in [2.24, 2.45) is 11.7 Å². The summed E-state index contributed by atoms with van der Waals surface area (Å²) >= 11 is 0. The van der Waals surface area contributed by atoms with Gasteiger partial charge in [0.15, 0.2) is 5.82 Å². The lowest BCUT2D eigenvalue weighted by Gasteiger charge is -2.23. The Balaban J connectivity index is 2.26. The number of nitrogen functional groups attached to an aromatic ring is 1. The number of pyridine rings is 1. The number of carbonyl (C=O) groups is 1. The molecule has 5 heteroatoms. The summed E-state index contributed by atoms with van der Waals surface area (Å²) in [5.74, 6) is 0.901. The Morgan fingerprint density at radius 2 is 2.24 bits per heavy atom. The molecule has 1 aromatic rings. The molecule has 1 aromatic heterocycles. The van der Waals surface area contributed by atoms with Gasteiger partial charge in [0.2, 0.25) is 0 Å². The summed E-state index contributed by atoms with van der Waals surface area (Å²) < 4.78 is 0. The summed E-state index contributed by atoms with van der Waals surface area (Å²) in [6, 6.07) is 3.25. The monoisotopic (exact) mass is 234 g/mol. The van der Waals surface area contributed by atoms with Crippen LogP contribution in [0.25, 0.3) is 0 Å². The van der Waals surface area contributed by atoms with E-state index in [-0.39, 0.29) is 5.69 Å². The Morgan fingerprint density at radius 1 is 1.53 bits per heavy atom. The number of rotatable bonds is 5. The first-order chi connectivity index (χ1) is 8.11. The predicted octanol–water partition coefficient (Wildman–Crippen LogP) is 0.999. The van der Waals surface area contributed by atoms with Crippen molar-refractivity contribution in [2.45, 2.75) is 19.8 Å². The fraction of sp³-hybridized carbons (Fsp3) is 0.500. The van der Waals surface area contributed by atoms with E-state index in [0.29, 0.717) is 11.5 Å². The first-order valence-corrected chi connectivity index (χ1v) is 5.93. The van der Waals surface area contributed by atoms with Crippen LogP contribution in [0.1, 0.15) is 30.3 Å². The highest BCUT2D eigenvalue weighted by molar-refractivity contribution is 5.91. The third-order valence-corrected chi connectivity index (χ3v) is 3.01. The number of hydrogen-bond donors (Lipinski definition) is 2. The van der Waals surface area contributed by atoms with Gasteiger partial charge in [0.25, 0.3) is 5.91 Å². The standard InChI is InChI=1S/C12H18N4O/c1-2-16(7-8-3-4-8)12-9(13)5-6-10(15-12)11(14)17/h5-6,8H,2-4,7,13H2,1H3,(H2,14,17). The smallest absolute Gasteiger partial charge is 0.267 e. The van der Waals surface area contributed by atoms with E-state index in [1.807, 2.05) is 0 Å². The van der Waals surface area contributed by atoms with E-state index < -0.39 is 5.91 Å². The molecule has 4 N–H and O–H groups in total. The van der Waals surface area contributed by atoms with Crippen molar-refractivity contribution < 1.29 is 4.79 Å². The van der Waals surface area contributed by atoms with Crippen LogP contribution in [-0.4, -0.2) is 24.0 Å². The molecule has 1 fully saturated rings. The molecule has 0 unspecified atom stereocenters. The van der Waals surface area contributed by atoms with Crippen LogP contribution in [0.3, 0.4) is 0 Å². The van der Waals surface area contributed by atoms with Gasteiger partial charge in [-0.25, -0.2) is 4.98 Å². The summed E-state index contributed by atoms with van der Waals surface area (Å²) in [6.07, 6.45) is 2.54. The minimum absolute atomic E-state index is 0.267. The van der Waals surface area contributed by atoms with E-state index in [0.717, 1.165) is 19.0 Å². The van der Waals surface area contributed by atoms with Crippen molar-refractivity contribution in [1.29, 1.82) is 0 Å². The van der Waals surface area contributed by atoms with Gasteiger partial charge in [-0.1, -0.05) is 0 Å². The highest BCUT2D eigenvalue weighted by Gasteiger charge is 2.25. The number of amides is 1. The topological polar surface area (TPSA) is 85.2 Å². The quantitative estimate of drug-likeness (QED) is 0.795. The van der Waals surface area contributed by atoms with Gasteiger partial charge in [0.1, 0.15) is 5.69 Å². The normalized spacial score (nSPS) is 14.6. The summed E-state index contributed by atoms with van der Waals surface area (Å²) in [5.41, 5.74) is 12.0. The first-order valence-electron chi connectivity index (χ1n) is 5.93. The minimum Gasteiger partial charge on any atom is -0.396 e. The van der Waals surface area contributed by atoms with Gasteiger partial charge in [-0.2, -0.15) is 0 Å². The molecule has 0 radical (unpaired) electrons. The molecule has 1 heterocycles. The Kier molecular flexibility index (Phi) is 3.17. The lowest BCUT2D eigenvalue weighted by atomic mass is 10.2. The second-order valence-corrected chi connectivity index (χ2v) is 4.46. The summed E-state index contributed by atoms with van der Waals surface area (Å²) in [4.78, 5) is 17.5. The van der Waals surface area contributed by atoms with Crippen molar-refractivity contribution in [3.63, 3.8) is 0 Å². The highest BCUT2D eigenvalue weighted by atomic mass is 16.1. The molecule has 5 nitrogen and oxygen atoms in total. The van der Waals surface area contributed by atoms with Crippen LogP contribution < -0.4 is 16.4 Å². The van der Waals surface area contributed by atoms with Gasteiger partial charge in [-0.05, 0) is 37.8 Å². The van der Waals surface area contributed by atoms with Crippen molar-refractivity contribution >= 4 is 17.4 Å². The van der Waals surface area contributed by atoms with Gasteiger partial charge in [0, 0.05) is 13.1 Å². The molecular weight excluding hydrogens is 216 g/mol. The molecule has 1 aliphatic rings.